The molecule has 2 fully saturated rings. The van der Waals surface area contributed by atoms with Gasteiger partial charge in [-0.25, -0.2) is 4.79 Å². The van der Waals surface area contributed by atoms with Gasteiger partial charge >= 0.3 is 5.97 Å². The summed E-state index contributed by atoms with van der Waals surface area (Å²) in [5.41, 5.74) is -0.640. The van der Waals surface area contributed by atoms with Crippen LogP contribution in [0.25, 0.3) is 0 Å². The van der Waals surface area contributed by atoms with Crippen LogP contribution in [0.3, 0.4) is 0 Å². The quantitative estimate of drug-likeness (QED) is 0.435. The maximum atomic E-state index is 12.9. The lowest BCUT2D eigenvalue weighted by molar-refractivity contribution is -0.165. The lowest BCUT2D eigenvalue weighted by atomic mass is 9.85. The highest BCUT2D eigenvalue weighted by Gasteiger charge is 2.73. The number of benzene rings is 1. The fourth-order valence-corrected chi connectivity index (χ4v) is 6.69. The maximum absolute atomic E-state index is 12.9. The van der Waals surface area contributed by atoms with Crippen LogP contribution in [0.1, 0.15) is 34.6 Å². The number of carbonyl (C=O) groups excluding carboxylic acids is 2. The number of carboxylic acid groups (broad SMARTS) is 1. The van der Waals surface area contributed by atoms with Crippen molar-refractivity contribution in [1.82, 2.24) is 10.2 Å². The highest BCUT2D eigenvalue weighted by atomic mass is 32.2. The van der Waals surface area contributed by atoms with Crippen LogP contribution >= 0.6 is 23.5 Å². The fraction of sp³-hybridized carbons (Fsp3) is 0.545. The molecule has 32 heavy (non-hydrogen) atoms. The molecule has 0 aliphatic carbocycles. The molecule has 8 nitrogen and oxygen atoms in total. The van der Waals surface area contributed by atoms with Crippen LogP contribution < -0.4 is 10.2 Å². The van der Waals surface area contributed by atoms with Gasteiger partial charge in [0.2, 0.25) is 11.4 Å². The van der Waals surface area contributed by atoms with Gasteiger partial charge in [0, 0.05) is 28.4 Å². The summed E-state index contributed by atoms with van der Waals surface area (Å²) in [6.07, 6.45) is 0. The Balaban J connectivity index is 1.70. The summed E-state index contributed by atoms with van der Waals surface area (Å²) >= 11 is 2.57. The van der Waals surface area contributed by atoms with Gasteiger partial charge in [-0.3, -0.25) is 9.59 Å². The van der Waals surface area contributed by atoms with Crippen molar-refractivity contribution in [2.24, 2.45) is 0 Å². The summed E-state index contributed by atoms with van der Waals surface area (Å²) in [6.45, 7) is 11.2. The zero-order chi connectivity index (χ0) is 23.8. The number of hydrogen-bond acceptors (Lipinski definition) is 7. The monoisotopic (exact) mass is 476 g/mol. The van der Waals surface area contributed by atoms with Gasteiger partial charge in [0.25, 0.3) is 5.91 Å². The third kappa shape index (κ3) is 3.92. The van der Waals surface area contributed by atoms with Crippen molar-refractivity contribution in [2.45, 2.75) is 66.5 Å². The first-order chi connectivity index (χ1) is 15.0. The van der Waals surface area contributed by atoms with Crippen LogP contribution in [-0.4, -0.2) is 67.8 Å². The molecule has 2 heterocycles. The van der Waals surface area contributed by atoms with E-state index in [9.17, 15) is 24.8 Å². The Kier molecular flexibility index (Phi) is 6.72. The van der Waals surface area contributed by atoms with Gasteiger partial charge in [0.15, 0.2) is 0 Å². The number of carbonyl (C=O) groups is 3. The fourth-order valence-electron chi connectivity index (χ4n) is 4.18. The van der Waals surface area contributed by atoms with Gasteiger partial charge in [-0.2, -0.15) is 5.26 Å². The number of anilines is 1. The first kappa shape index (κ1) is 24.3. The molecule has 0 spiro atoms. The number of nitriles is 1. The number of thioether (sulfide) groups is 2. The SMILES string of the molecule is CCN(CC)c1ccc(SC(C)C(=O)N[C@@]2(C#N)C(=O)N3[C@@H](C(=O)O)C(C)(C)S[C@@H]32)cc1. The second-order valence-corrected chi connectivity index (χ2v) is 11.5. The summed E-state index contributed by atoms with van der Waals surface area (Å²) in [6, 6.07) is 8.84. The Morgan fingerprint density at radius 3 is 2.41 bits per heavy atom. The lowest BCUT2D eigenvalue weighted by Crippen LogP contribution is -2.79. The molecular formula is C22H28N4O4S2. The highest BCUT2D eigenvalue weighted by Crippen LogP contribution is 2.54. The predicted molar refractivity (Wildman–Crippen MR) is 126 cm³/mol. The summed E-state index contributed by atoms with van der Waals surface area (Å²) in [5.74, 6) is -2.22. The molecule has 1 aromatic rings. The van der Waals surface area contributed by atoms with Crippen LogP contribution in [0.5, 0.6) is 0 Å². The minimum atomic E-state index is -1.75. The number of fused-ring (bicyclic) bond motifs is 1. The largest absolute Gasteiger partial charge is 0.480 e. The number of aliphatic carboxylic acids is 1. The number of rotatable bonds is 8. The van der Waals surface area contributed by atoms with E-state index in [1.54, 1.807) is 20.8 Å². The lowest BCUT2D eigenvalue weighted by Gasteiger charge is -2.49. The smallest absolute Gasteiger partial charge is 0.327 e. The van der Waals surface area contributed by atoms with Crippen LogP contribution in [-0.2, 0) is 14.4 Å². The second-order valence-electron chi connectivity index (χ2n) is 8.36. The predicted octanol–water partition coefficient (Wildman–Crippen LogP) is 2.54. The average molecular weight is 477 g/mol. The van der Waals surface area contributed by atoms with Crippen LogP contribution in [0.4, 0.5) is 5.69 Å². The Labute approximate surface area is 196 Å². The minimum Gasteiger partial charge on any atom is -0.480 e. The molecule has 0 bridgehead atoms. The highest BCUT2D eigenvalue weighted by molar-refractivity contribution is 8.01. The van der Waals surface area contributed by atoms with Crippen molar-refractivity contribution in [1.29, 1.82) is 5.26 Å². The summed E-state index contributed by atoms with van der Waals surface area (Å²) < 4.78 is -0.775. The van der Waals surface area contributed by atoms with E-state index in [1.165, 1.54) is 28.4 Å². The van der Waals surface area contributed by atoms with Crippen molar-refractivity contribution in [3.05, 3.63) is 24.3 Å². The molecule has 2 N–H and O–H groups in total. The Morgan fingerprint density at radius 2 is 1.91 bits per heavy atom. The number of carboxylic acids is 1. The molecule has 4 atom stereocenters. The van der Waals surface area contributed by atoms with E-state index in [1.807, 2.05) is 30.3 Å². The first-order valence-electron chi connectivity index (χ1n) is 10.5. The summed E-state index contributed by atoms with van der Waals surface area (Å²) in [4.78, 5) is 41.8. The molecule has 3 rings (SSSR count). The van der Waals surface area contributed by atoms with E-state index in [0.717, 1.165) is 23.7 Å². The normalized spacial score (nSPS) is 26.5. The maximum Gasteiger partial charge on any atom is 0.327 e. The first-order valence-corrected chi connectivity index (χ1v) is 12.3. The Morgan fingerprint density at radius 1 is 1.31 bits per heavy atom. The van der Waals surface area contributed by atoms with Crippen LogP contribution in [0, 0.1) is 11.3 Å². The third-order valence-corrected chi connectivity index (χ3v) is 8.67. The molecule has 0 radical (unpaired) electrons. The summed E-state index contributed by atoms with van der Waals surface area (Å²) in [5, 5.41) is 20.7. The van der Waals surface area contributed by atoms with Gasteiger partial charge < -0.3 is 20.2 Å². The van der Waals surface area contributed by atoms with E-state index in [-0.39, 0.29) is 0 Å². The number of hydrogen-bond donors (Lipinski definition) is 2. The van der Waals surface area contributed by atoms with E-state index >= 15 is 0 Å². The van der Waals surface area contributed by atoms with Crippen molar-refractivity contribution in [2.75, 3.05) is 18.0 Å². The van der Waals surface area contributed by atoms with Gasteiger partial charge in [-0.15, -0.1) is 23.5 Å². The minimum absolute atomic E-state index is 0.436. The molecule has 10 heteroatoms. The van der Waals surface area contributed by atoms with E-state index < -0.39 is 44.7 Å². The Hall–Kier alpha value is -2.38. The molecule has 1 unspecified atom stereocenters. The molecular weight excluding hydrogens is 448 g/mol. The summed E-state index contributed by atoms with van der Waals surface area (Å²) in [7, 11) is 0. The van der Waals surface area contributed by atoms with E-state index in [0.29, 0.717) is 0 Å². The molecule has 1 aromatic carbocycles. The third-order valence-electron chi connectivity index (χ3n) is 5.93. The van der Waals surface area contributed by atoms with Crippen molar-refractivity contribution in [3.63, 3.8) is 0 Å². The molecule has 0 aromatic heterocycles. The molecule has 2 aliphatic heterocycles. The van der Waals surface area contributed by atoms with Gasteiger partial charge in [-0.1, -0.05) is 0 Å². The van der Waals surface area contributed by atoms with Crippen LogP contribution in [0.15, 0.2) is 29.2 Å². The van der Waals surface area contributed by atoms with Gasteiger partial charge in [-0.05, 0) is 58.9 Å². The molecule has 2 amide bonds. The zero-order valence-electron chi connectivity index (χ0n) is 18.8. The number of β-lactam (4-membered cyclic amide) rings is 1. The van der Waals surface area contributed by atoms with E-state index in [4.69, 9.17) is 0 Å². The molecule has 0 saturated carbocycles. The number of nitrogens with one attached hydrogen (secondary N) is 1. The number of nitrogens with zero attached hydrogens (tertiary/aromatic N) is 3. The van der Waals surface area contributed by atoms with Crippen molar-refractivity contribution in [3.8, 4) is 6.07 Å². The van der Waals surface area contributed by atoms with Crippen LogP contribution in [0.2, 0.25) is 0 Å². The molecule has 2 saturated heterocycles. The van der Waals surface area contributed by atoms with E-state index in [2.05, 4.69) is 24.1 Å². The second kappa shape index (κ2) is 8.87. The van der Waals surface area contributed by atoms with Gasteiger partial charge in [0.1, 0.15) is 17.5 Å². The average Bonchev–Trinajstić information content (AvgIpc) is 3.02. The van der Waals surface area contributed by atoms with Crippen molar-refractivity contribution < 1.29 is 19.5 Å². The number of amides is 2. The van der Waals surface area contributed by atoms with Crippen molar-refractivity contribution >= 4 is 47.0 Å². The zero-order valence-corrected chi connectivity index (χ0v) is 20.4. The van der Waals surface area contributed by atoms with Gasteiger partial charge in [0.05, 0.1) is 5.25 Å². The standard InChI is InChI=1S/C22H28N4O4S2/c1-6-25(7-2)14-8-10-15(11-9-14)31-13(3)17(27)24-22(12-23)19(30)26-16(18(28)29)21(4,5)32-20(22)26/h8-11,13,16,20H,6-7H2,1-5H3,(H,24,27)(H,28,29)/t13?,16-,20+,22-/m0/s1. The molecule has 172 valence electrons. The topological polar surface area (TPSA) is 114 Å². The Bertz CT molecular complexity index is 958. The molecule has 2 aliphatic rings.